The highest BCUT2D eigenvalue weighted by molar-refractivity contribution is 5.82. The molecule has 8 nitrogen and oxygen atoms in total. The number of carbonyl (C=O) groups is 3. The van der Waals surface area contributed by atoms with Crippen molar-refractivity contribution in [2.45, 2.75) is 84.4 Å². The molecule has 0 radical (unpaired) electrons. The molecule has 0 aliphatic heterocycles. The summed E-state index contributed by atoms with van der Waals surface area (Å²) in [7, 11) is 0. The van der Waals surface area contributed by atoms with E-state index in [1.807, 2.05) is 54.6 Å². The SMILES string of the molecule is CCOC(=O)[C@H](Cc1ccccc1)N(N[C@@H](Cc1ccc(C(C)(C)C)cc1)C(=O)O)C(=O)OC(C)(C)C. The standard InChI is InChI=1S/C29H40N2O6/c1-8-36-26(34)24(19-20-12-10-9-11-13-20)31(27(35)37-29(5,6)7)30-23(25(32)33)18-21-14-16-22(17-15-21)28(2,3)4/h9-17,23-24,30H,8,18-19H2,1-7H3,(H,32,33)/t23-,24-/m0/s1. The van der Waals surface area contributed by atoms with E-state index in [2.05, 4.69) is 26.2 Å². The predicted molar refractivity (Wildman–Crippen MR) is 142 cm³/mol. The summed E-state index contributed by atoms with van der Waals surface area (Å²) in [6, 6.07) is 14.5. The Kier molecular flexibility index (Phi) is 10.3. The van der Waals surface area contributed by atoms with Crippen molar-refractivity contribution in [3.8, 4) is 0 Å². The van der Waals surface area contributed by atoms with Gasteiger partial charge in [-0.05, 0) is 49.8 Å². The number of hydrogen-bond donors (Lipinski definition) is 2. The summed E-state index contributed by atoms with van der Waals surface area (Å²) in [4.78, 5) is 38.6. The third kappa shape index (κ3) is 9.53. The second-order valence-electron chi connectivity index (χ2n) is 11.0. The molecule has 37 heavy (non-hydrogen) atoms. The summed E-state index contributed by atoms with van der Waals surface area (Å²) in [5, 5.41) is 11.0. The molecule has 8 heteroatoms. The van der Waals surface area contributed by atoms with Gasteiger partial charge in [-0.2, -0.15) is 0 Å². The number of nitrogens with one attached hydrogen (secondary N) is 1. The van der Waals surface area contributed by atoms with E-state index in [9.17, 15) is 19.5 Å². The number of carbonyl (C=O) groups excluding carboxylic acids is 2. The van der Waals surface area contributed by atoms with Crippen LogP contribution in [0.15, 0.2) is 54.6 Å². The number of hydrogen-bond acceptors (Lipinski definition) is 6. The van der Waals surface area contributed by atoms with Crippen molar-refractivity contribution in [1.29, 1.82) is 0 Å². The molecule has 0 aromatic heterocycles. The van der Waals surface area contributed by atoms with Gasteiger partial charge in [-0.3, -0.25) is 4.79 Å². The Balaban J connectivity index is 2.42. The lowest BCUT2D eigenvalue weighted by atomic mass is 9.86. The van der Waals surface area contributed by atoms with Crippen molar-refractivity contribution in [3.05, 3.63) is 71.3 Å². The summed E-state index contributed by atoms with van der Waals surface area (Å²) >= 11 is 0. The molecule has 2 rings (SSSR count). The largest absolute Gasteiger partial charge is 0.480 e. The highest BCUT2D eigenvalue weighted by Gasteiger charge is 2.37. The first-order chi connectivity index (χ1) is 17.2. The Labute approximate surface area is 219 Å². The van der Waals surface area contributed by atoms with Gasteiger partial charge in [0.05, 0.1) is 6.61 Å². The van der Waals surface area contributed by atoms with Gasteiger partial charge in [-0.1, -0.05) is 75.4 Å². The van der Waals surface area contributed by atoms with Gasteiger partial charge in [0.25, 0.3) is 0 Å². The smallest absolute Gasteiger partial charge is 0.425 e. The fourth-order valence-corrected chi connectivity index (χ4v) is 3.67. The van der Waals surface area contributed by atoms with Crippen LogP contribution in [0.25, 0.3) is 0 Å². The number of carboxylic acids is 1. The van der Waals surface area contributed by atoms with Crippen molar-refractivity contribution in [3.63, 3.8) is 0 Å². The average molecular weight is 513 g/mol. The molecule has 0 unspecified atom stereocenters. The fourth-order valence-electron chi connectivity index (χ4n) is 3.67. The highest BCUT2D eigenvalue weighted by Crippen LogP contribution is 2.23. The molecule has 0 heterocycles. The molecule has 0 spiro atoms. The van der Waals surface area contributed by atoms with Crippen LogP contribution >= 0.6 is 0 Å². The van der Waals surface area contributed by atoms with E-state index in [0.29, 0.717) is 0 Å². The zero-order valence-corrected chi connectivity index (χ0v) is 22.9. The Hall–Kier alpha value is -3.39. The fraction of sp³-hybridized carbons (Fsp3) is 0.483. The molecule has 2 aromatic carbocycles. The maximum atomic E-state index is 13.3. The van der Waals surface area contributed by atoms with Crippen LogP contribution in [-0.2, 0) is 37.3 Å². The van der Waals surface area contributed by atoms with Crippen LogP contribution in [0.5, 0.6) is 0 Å². The summed E-state index contributed by atoms with van der Waals surface area (Å²) in [5.41, 5.74) is 4.55. The molecular weight excluding hydrogens is 472 g/mol. The molecule has 0 aliphatic carbocycles. The Morgan fingerprint density at radius 2 is 1.46 bits per heavy atom. The van der Waals surface area contributed by atoms with E-state index in [1.54, 1.807) is 27.7 Å². The highest BCUT2D eigenvalue weighted by atomic mass is 16.6. The maximum Gasteiger partial charge on any atom is 0.425 e. The number of benzene rings is 2. The molecule has 0 fully saturated rings. The summed E-state index contributed by atoms with van der Waals surface area (Å²) in [6.07, 6.45) is -0.672. The zero-order valence-electron chi connectivity index (χ0n) is 22.9. The second kappa shape index (κ2) is 12.7. The first-order valence-corrected chi connectivity index (χ1v) is 12.5. The van der Waals surface area contributed by atoms with Crippen molar-refractivity contribution in [1.82, 2.24) is 10.4 Å². The molecule has 2 atom stereocenters. The first kappa shape index (κ1) is 29.8. The third-order valence-electron chi connectivity index (χ3n) is 5.59. The van der Waals surface area contributed by atoms with Crippen molar-refractivity contribution in [2.75, 3.05) is 6.61 Å². The van der Waals surface area contributed by atoms with E-state index in [4.69, 9.17) is 9.47 Å². The van der Waals surface area contributed by atoms with Gasteiger partial charge in [0.2, 0.25) is 0 Å². The maximum absolute atomic E-state index is 13.3. The molecule has 0 saturated carbocycles. The van der Waals surface area contributed by atoms with E-state index < -0.39 is 35.7 Å². The number of hydrazine groups is 1. The topological polar surface area (TPSA) is 105 Å². The second-order valence-corrected chi connectivity index (χ2v) is 11.0. The number of ether oxygens (including phenoxy) is 2. The molecule has 0 saturated heterocycles. The van der Waals surface area contributed by atoms with Gasteiger partial charge in [0.1, 0.15) is 11.6 Å². The number of esters is 1. The van der Waals surface area contributed by atoms with Gasteiger partial charge < -0.3 is 14.6 Å². The Morgan fingerprint density at radius 3 is 1.95 bits per heavy atom. The third-order valence-corrected chi connectivity index (χ3v) is 5.59. The minimum absolute atomic E-state index is 0.0409. The number of rotatable bonds is 10. The zero-order chi connectivity index (χ0) is 27.8. The van der Waals surface area contributed by atoms with Crippen LogP contribution in [0.1, 0.15) is 65.2 Å². The van der Waals surface area contributed by atoms with Gasteiger partial charge in [0.15, 0.2) is 6.04 Å². The van der Waals surface area contributed by atoms with E-state index in [-0.39, 0.29) is 24.9 Å². The average Bonchev–Trinajstić information content (AvgIpc) is 2.79. The lowest BCUT2D eigenvalue weighted by Gasteiger charge is -2.34. The lowest BCUT2D eigenvalue weighted by molar-refractivity contribution is -0.153. The molecule has 0 aliphatic rings. The predicted octanol–water partition coefficient (Wildman–Crippen LogP) is 4.90. The van der Waals surface area contributed by atoms with Crippen molar-refractivity contribution in [2.24, 2.45) is 0 Å². The van der Waals surface area contributed by atoms with Crippen LogP contribution in [-0.4, -0.2) is 52.4 Å². The first-order valence-electron chi connectivity index (χ1n) is 12.5. The van der Waals surface area contributed by atoms with Crippen LogP contribution in [0.4, 0.5) is 4.79 Å². The molecular formula is C29H40N2O6. The molecule has 2 N–H and O–H groups in total. The van der Waals surface area contributed by atoms with Crippen molar-refractivity contribution < 1.29 is 29.0 Å². The van der Waals surface area contributed by atoms with Gasteiger partial charge in [0, 0.05) is 12.8 Å². The number of aliphatic carboxylic acids is 1. The minimum Gasteiger partial charge on any atom is -0.480 e. The quantitative estimate of drug-likeness (QED) is 0.345. The van der Waals surface area contributed by atoms with Crippen molar-refractivity contribution >= 4 is 18.0 Å². The summed E-state index contributed by atoms with van der Waals surface area (Å²) < 4.78 is 10.8. The van der Waals surface area contributed by atoms with Crippen LogP contribution < -0.4 is 5.43 Å². The summed E-state index contributed by atoms with van der Waals surface area (Å²) in [6.45, 7) is 13.2. The number of nitrogens with zero attached hydrogens (tertiary/aromatic N) is 1. The minimum atomic E-state index is -1.21. The van der Waals surface area contributed by atoms with Gasteiger partial charge in [-0.25, -0.2) is 20.0 Å². The Bertz CT molecular complexity index is 1040. The van der Waals surface area contributed by atoms with Gasteiger partial charge >= 0.3 is 18.0 Å². The Morgan fingerprint density at radius 1 is 0.892 bits per heavy atom. The van der Waals surface area contributed by atoms with Crippen LogP contribution in [0, 0.1) is 0 Å². The lowest BCUT2D eigenvalue weighted by Crippen LogP contribution is -2.60. The molecule has 1 amide bonds. The monoisotopic (exact) mass is 512 g/mol. The molecule has 0 bridgehead atoms. The summed E-state index contributed by atoms with van der Waals surface area (Å²) in [5.74, 6) is -1.83. The van der Waals surface area contributed by atoms with E-state index in [0.717, 1.165) is 21.7 Å². The van der Waals surface area contributed by atoms with Crippen LogP contribution in [0.3, 0.4) is 0 Å². The van der Waals surface area contributed by atoms with Gasteiger partial charge in [-0.15, -0.1) is 0 Å². The van der Waals surface area contributed by atoms with E-state index >= 15 is 0 Å². The van der Waals surface area contributed by atoms with Crippen LogP contribution in [0.2, 0.25) is 0 Å². The number of carboxylic acid groups (broad SMARTS) is 1. The van der Waals surface area contributed by atoms with E-state index in [1.165, 1.54) is 0 Å². The number of amides is 1. The molecule has 2 aromatic rings. The molecule has 202 valence electrons. The normalized spacial score (nSPS) is 13.4.